The van der Waals surface area contributed by atoms with Gasteiger partial charge in [-0.15, -0.1) is 0 Å². The summed E-state index contributed by atoms with van der Waals surface area (Å²) < 4.78 is 5.21. The zero-order valence-electron chi connectivity index (χ0n) is 11.0. The summed E-state index contributed by atoms with van der Waals surface area (Å²) in [5.74, 6) is 0. The maximum atomic E-state index is 11.7. The standard InChI is InChI=1S/C16H17NO3/c18-12-15(11-13-7-3-1-4-8-13)20-16(19)17-14-9-5-2-6-10-14/h1-10,15,18H,11-12H2,(H,17,19). The van der Waals surface area contributed by atoms with Crippen molar-refractivity contribution in [3.63, 3.8) is 0 Å². The van der Waals surface area contributed by atoms with Gasteiger partial charge in [-0.1, -0.05) is 48.5 Å². The van der Waals surface area contributed by atoms with Crippen LogP contribution < -0.4 is 5.32 Å². The Labute approximate surface area is 118 Å². The van der Waals surface area contributed by atoms with Gasteiger partial charge in [0.2, 0.25) is 0 Å². The highest BCUT2D eigenvalue weighted by molar-refractivity contribution is 5.84. The number of amides is 1. The second-order valence-corrected chi connectivity index (χ2v) is 4.39. The zero-order chi connectivity index (χ0) is 14.2. The molecule has 0 heterocycles. The summed E-state index contributed by atoms with van der Waals surface area (Å²) in [5, 5.41) is 11.9. The van der Waals surface area contributed by atoms with Crippen LogP contribution in [0.15, 0.2) is 60.7 Å². The SMILES string of the molecule is O=C(Nc1ccccc1)OC(CO)Cc1ccccc1. The highest BCUT2D eigenvalue weighted by Crippen LogP contribution is 2.09. The fourth-order valence-electron chi connectivity index (χ4n) is 1.84. The van der Waals surface area contributed by atoms with Crippen molar-refractivity contribution in [3.8, 4) is 0 Å². The number of para-hydroxylation sites is 1. The van der Waals surface area contributed by atoms with Crippen molar-refractivity contribution < 1.29 is 14.6 Å². The molecule has 0 fully saturated rings. The van der Waals surface area contributed by atoms with Gasteiger partial charge in [0.1, 0.15) is 6.10 Å². The van der Waals surface area contributed by atoms with E-state index in [9.17, 15) is 9.90 Å². The molecule has 0 aliphatic rings. The van der Waals surface area contributed by atoms with Crippen molar-refractivity contribution in [3.05, 3.63) is 66.2 Å². The molecule has 4 heteroatoms. The van der Waals surface area contributed by atoms with Crippen molar-refractivity contribution in [1.29, 1.82) is 0 Å². The smallest absolute Gasteiger partial charge is 0.411 e. The lowest BCUT2D eigenvalue weighted by molar-refractivity contribution is 0.0669. The Kier molecular flexibility index (Phi) is 5.15. The van der Waals surface area contributed by atoms with E-state index in [1.807, 2.05) is 48.5 Å². The summed E-state index contributed by atoms with van der Waals surface area (Å²) in [6.07, 6.45) is -0.633. The second-order valence-electron chi connectivity index (χ2n) is 4.39. The van der Waals surface area contributed by atoms with Gasteiger partial charge in [0.15, 0.2) is 0 Å². The Morgan fingerprint density at radius 3 is 2.25 bits per heavy atom. The molecule has 0 spiro atoms. The molecule has 0 saturated heterocycles. The van der Waals surface area contributed by atoms with Crippen LogP contribution in [0.4, 0.5) is 10.5 Å². The van der Waals surface area contributed by atoms with Crippen molar-refractivity contribution in [1.82, 2.24) is 0 Å². The van der Waals surface area contributed by atoms with Crippen LogP contribution in [0.2, 0.25) is 0 Å². The number of hydrogen-bond donors (Lipinski definition) is 2. The third-order valence-electron chi connectivity index (χ3n) is 2.80. The van der Waals surface area contributed by atoms with Crippen LogP contribution in [0.5, 0.6) is 0 Å². The number of nitrogens with one attached hydrogen (secondary N) is 1. The van der Waals surface area contributed by atoms with Gasteiger partial charge in [-0.3, -0.25) is 5.32 Å². The number of aliphatic hydroxyl groups excluding tert-OH is 1. The van der Waals surface area contributed by atoms with Gasteiger partial charge in [-0.05, 0) is 17.7 Å². The Morgan fingerprint density at radius 1 is 1.05 bits per heavy atom. The molecule has 2 aromatic rings. The Morgan fingerprint density at radius 2 is 1.65 bits per heavy atom. The lowest BCUT2D eigenvalue weighted by atomic mass is 10.1. The van der Waals surface area contributed by atoms with Crippen LogP contribution in [-0.2, 0) is 11.2 Å². The minimum atomic E-state index is -0.564. The van der Waals surface area contributed by atoms with Crippen LogP contribution in [0.1, 0.15) is 5.56 Å². The third-order valence-corrected chi connectivity index (χ3v) is 2.80. The first-order valence-electron chi connectivity index (χ1n) is 6.45. The van der Waals surface area contributed by atoms with Crippen molar-refractivity contribution in [2.45, 2.75) is 12.5 Å². The Hall–Kier alpha value is -2.33. The summed E-state index contributed by atoms with van der Waals surface area (Å²) >= 11 is 0. The lowest BCUT2D eigenvalue weighted by Gasteiger charge is -2.16. The number of aliphatic hydroxyl groups is 1. The predicted molar refractivity (Wildman–Crippen MR) is 77.6 cm³/mol. The molecule has 2 N–H and O–H groups in total. The highest BCUT2D eigenvalue weighted by Gasteiger charge is 2.14. The average Bonchev–Trinajstić information content (AvgIpc) is 2.48. The van der Waals surface area contributed by atoms with Crippen LogP contribution in [-0.4, -0.2) is 23.9 Å². The van der Waals surface area contributed by atoms with E-state index in [4.69, 9.17) is 4.74 Å². The number of anilines is 1. The topological polar surface area (TPSA) is 58.6 Å². The summed E-state index contributed by atoms with van der Waals surface area (Å²) in [5.41, 5.74) is 1.67. The molecule has 104 valence electrons. The van der Waals surface area contributed by atoms with E-state index in [1.54, 1.807) is 12.1 Å². The van der Waals surface area contributed by atoms with E-state index < -0.39 is 12.2 Å². The summed E-state index contributed by atoms with van der Waals surface area (Å²) in [4.78, 5) is 11.7. The predicted octanol–water partition coefficient (Wildman–Crippen LogP) is 2.84. The highest BCUT2D eigenvalue weighted by atomic mass is 16.6. The molecule has 0 saturated carbocycles. The second kappa shape index (κ2) is 7.31. The molecular weight excluding hydrogens is 254 g/mol. The molecule has 0 aromatic heterocycles. The number of ether oxygens (including phenoxy) is 1. The van der Waals surface area contributed by atoms with Gasteiger partial charge in [0.25, 0.3) is 0 Å². The van der Waals surface area contributed by atoms with E-state index in [1.165, 1.54) is 0 Å². The van der Waals surface area contributed by atoms with E-state index in [0.717, 1.165) is 5.56 Å². The van der Waals surface area contributed by atoms with E-state index in [2.05, 4.69) is 5.32 Å². The average molecular weight is 271 g/mol. The van der Waals surface area contributed by atoms with E-state index >= 15 is 0 Å². The molecule has 1 atom stereocenters. The lowest BCUT2D eigenvalue weighted by Crippen LogP contribution is -2.27. The first kappa shape index (κ1) is 14.1. The monoisotopic (exact) mass is 271 g/mol. The minimum absolute atomic E-state index is 0.211. The molecule has 0 radical (unpaired) electrons. The summed E-state index contributed by atoms with van der Waals surface area (Å²) in [7, 11) is 0. The number of hydrogen-bond acceptors (Lipinski definition) is 3. The molecule has 20 heavy (non-hydrogen) atoms. The Balaban J connectivity index is 1.88. The number of benzene rings is 2. The molecule has 2 aromatic carbocycles. The van der Waals surface area contributed by atoms with Crippen LogP contribution in [0, 0.1) is 0 Å². The van der Waals surface area contributed by atoms with Gasteiger partial charge < -0.3 is 9.84 Å². The number of carbonyl (C=O) groups is 1. The van der Waals surface area contributed by atoms with Crippen molar-refractivity contribution in [2.24, 2.45) is 0 Å². The van der Waals surface area contributed by atoms with Crippen LogP contribution >= 0.6 is 0 Å². The van der Waals surface area contributed by atoms with E-state index in [-0.39, 0.29) is 6.61 Å². The molecule has 0 bridgehead atoms. The number of rotatable bonds is 5. The molecule has 1 unspecified atom stereocenters. The minimum Gasteiger partial charge on any atom is -0.443 e. The molecule has 0 aliphatic heterocycles. The van der Waals surface area contributed by atoms with Crippen LogP contribution in [0.3, 0.4) is 0 Å². The fraction of sp³-hybridized carbons (Fsp3) is 0.188. The maximum absolute atomic E-state index is 11.7. The summed E-state index contributed by atoms with van der Waals surface area (Å²) in [6, 6.07) is 18.7. The largest absolute Gasteiger partial charge is 0.443 e. The van der Waals surface area contributed by atoms with E-state index in [0.29, 0.717) is 12.1 Å². The third kappa shape index (κ3) is 4.40. The molecule has 4 nitrogen and oxygen atoms in total. The Bertz CT molecular complexity index is 528. The van der Waals surface area contributed by atoms with Gasteiger partial charge >= 0.3 is 6.09 Å². The first-order valence-corrected chi connectivity index (χ1v) is 6.45. The van der Waals surface area contributed by atoms with Gasteiger partial charge in [0, 0.05) is 12.1 Å². The fourth-order valence-corrected chi connectivity index (χ4v) is 1.84. The summed E-state index contributed by atoms with van der Waals surface area (Å²) in [6.45, 7) is -0.211. The normalized spacial score (nSPS) is 11.7. The number of carbonyl (C=O) groups excluding carboxylic acids is 1. The van der Waals surface area contributed by atoms with Gasteiger partial charge in [-0.25, -0.2) is 4.79 Å². The molecule has 1 amide bonds. The molecule has 2 rings (SSSR count). The maximum Gasteiger partial charge on any atom is 0.411 e. The van der Waals surface area contributed by atoms with Crippen LogP contribution in [0.25, 0.3) is 0 Å². The zero-order valence-corrected chi connectivity index (χ0v) is 11.0. The van der Waals surface area contributed by atoms with Gasteiger partial charge in [0.05, 0.1) is 6.61 Å². The quantitative estimate of drug-likeness (QED) is 0.879. The molecule has 0 aliphatic carbocycles. The van der Waals surface area contributed by atoms with Crippen molar-refractivity contribution >= 4 is 11.8 Å². The van der Waals surface area contributed by atoms with Crippen molar-refractivity contribution in [2.75, 3.05) is 11.9 Å². The van der Waals surface area contributed by atoms with Gasteiger partial charge in [-0.2, -0.15) is 0 Å². The molecular formula is C16H17NO3. The first-order chi connectivity index (χ1) is 9.78.